The Morgan fingerprint density at radius 3 is 1.79 bits per heavy atom. The molecule has 0 fully saturated rings. The first kappa shape index (κ1) is 23.3. The lowest BCUT2D eigenvalue weighted by Gasteiger charge is -2.10. The van der Waals surface area contributed by atoms with Gasteiger partial charge >= 0.3 is 0 Å². The molecule has 0 saturated carbocycles. The SMILES string of the molecule is COc1ccccc1/C=C/C(=O)Nc1ccc(C)c(NC(=O)/C=C/c2ccccc2OC)c1. The largest absolute Gasteiger partial charge is 0.496 e. The number of methoxy groups -OCH3 is 2. The highest BCUT2D eigenvalue weighted by Gasteiger charge is 2.06. The fourth-order valence-corrected chi connectivity index (χ4v) is 3.13. The molecule has 0 aliphatic rings. The number of aryl methyl sites for hydroxylation is 1. The number of hydrogen-bond donors (Lipinski definition) is 2. The van der Waals surface area contributed by atoms with E-state index in [-0.39, 0.29) is 11.8 Å². The maximum absolute atomic E-state index is 12.4. The Hall–Kier alpha value is -4.32. The second-order valence-corrected chi connectivity index (χ2v) is 7.16. The molecule has 3 aromatic rings. The average Bonchev–Trinajstić information content (AvgIpc) is 2.83. The van der Waals surface area contributed by atoms with Gasteiger partial charge in [0.15, 0.2) is 0 Å². The number of hydrogen-bond acceptors (Lipinski definition) is 4. The number of anilines is 2. The van der Waals surface area contributed by atoms with Crippen molar-refractivity contribution in [3.63, 3.8) is 0 Å². The third kappa shape index (κ3) is 6.58. The number of nitrogens with one attached hydrogen (secondary N) is 2. The second kappa shape index (κ2) is 11.3. The lowest BCUT2D eigenvalue weighted by Crippen LogP contribution is -2.11. The topological polar surface area (TPSA) is 76.7 Å². The van der Waals surface area contributed by atoms with Crippen LogP contribution in [0.2, 0.25) is 0 Å². The first-order chi connectivity index (χ1) is 16.0. The fourth-order valence-electron chi connectivity index (χ4n) is 3.13. The number of ether oxygens (including phenoxy) is 2. The number of rotatable bonds is 8. The Morgan fingerprint density at radius 2 is 1.24 bits per heavy atom. The lowest BCUT2D eigenvalue weighted by atomic mass is 10.1. The van der Waals surface area contributed by atoms with E-state index in [9.17, 15) is 9.59 Å². The average molecular weight is 443 g/mol. The van der Waals surface area contributed by atoms with Crippen LogP contribution in [0.1, 0.15) is 16.7 Å². The summed E-state index contributed by atoms with van der Waals surface area (Å²) in [6, 6.07) is 20.2. The Morgan fingerprint density at radius 1 is 0.727 bits per heavy atom. The maximum Gasteiger partial charge on any atom is 0.248 e. The standard InChI is InChI=1S/C27H26N2O4/c1-19-12-15-22(28-26(30)16-13-20-8-4-6-10-24(20)32-2)18-23(19)29-27(31)17-14-21-9-5-7-11-25(21)33-3/h4-18H,1-3H3,(H,28,30)(H,29,31)/b16-13+,17-14+. The minimum atomic E-state index is -0.293. The highest BCUT2D eigenvalue weighted by atomic mass is 16.5. The van der Waals surface area contributed by atoms with Gasteiger partial charge in [-0.25, -0.2) is 0 Å². The van der Waals surface area contributed by atoms with Crippen molar-refractivity contribution in [3.05, 3.63) is 95.6 Å². The van der Waals surface area contributed by atoms with E-state index in [1.54, 1.807) is 38.5 Å². The van der Waals surface area contributed by atoms with Gasteiger partial charge in [-0.1, -0.05) is 42.5 Å². The van der Waals surface area contributed by atoms with Crippen molar-refractivity contribution in [2.24, 2.45) is 0 Å². The van der Waals surface area contributed by atoms with E-state index < -0.39 is 0 Å². The molecule has 0 aromatic heterocycles. The number of benzene rings is 3. The van der Waals surface area contributed by atoms with Crippen LogP contribution >= 0.6 is 0 Å². The third-order valence-electron chi connectivity index (χ3n) is 4.87. The predicted octanol–water partition coefficient (Wildman–Crippen LogP) is 5.32. The van der Waals surface area contributed by atoms with Crippen LogP contribution in [0.25, 0.3) is 12.2 Å². The van der Waals surface area contributed by atoms with E-state index in [2.05, 4.69) is 10.6 Å². The van der Waals surface area contributed by atoms with Crippen LogP contribution in [-0.4, -0.2) is 26.0 Å². The Bertz CT molecular complexity index is 1200. The van der Waals surface area contributed by atoms with E-state index in [0.717, 1.165) is 16.7 Å². The van der Waals surface area contributed by atoms with Crippen molar-refractivity contribution < 1.29 is 19.1 Å². The molecule has 2 amide bonds. The molecule has 168 valence electrons. The van der Waals surface area contributed by atoms with E-state index in [1.807, 2.05) is 61.5 Å². The summed E-state index contributed by atoms with van der Waals surface area (Å²) in [5, 5.41) is 5.66. The molecule has 0 aliphatic heterocycles. The van der Waals surface area contributed by atoms with Gasteiger partial charge in [0.25, 0.3) is 0 Å². The monoisotopic (exact) mass is 442 g/mol. The summed E-state index contributed by atoms with van der Waals surface area (Å²) >= 11 is 0. The molecule has 0 saturated heterocycles. The van der Waals surface area contributed by atoms with E-state index in [4.69, 9.17) is 9.47 Å². The van der Waals surface area contributed by atoms with Gasteiger partial charge in [-0.15, -0.1) is 0 Å². The number of carbonyl (C=O) groups excluding carboxylic acids is 2. The van der Waals surface area contributed by atoms with Crippen LogP contribution < -0.4 is 20.1 Å². The molecule has 0 unspecified atom stereocenters. The van der Waals surface area contributed by atoms with Crippen molar-refractivity contribution in [3.8, 4) is 11.5 Å². The van der Waals surface area contributed by atoms with E-state index >= 15 is 0 Å². The molecule has 0 heterocycles. The van der Waals surface area contributed by atoms with Gasteiger partial charge in [-0.05, 0) is 48.9 Å². The molecule has 6 nitrogen and oxygen atoms in total. The van der Waals surface area contributed by atoms with Crippen LogP contribution in [0.5, 0.6) is 11.5 Å². The normalized spacial score (nSPS) is 10.9. The Balaban J connectivity index is 1.66. The zero-order valence-electron chi connectivity index (χ0n) is 18.8. The molecular weight excluding hydrogens is 416 g/mol. The first-order valence-electron chi connectivity index (χ1n) is 10.3. The summed E-state index contributed by atoms with van der Waals surface area (Å²) in [5.41, 5.74) is 3.65. The molecule has 33 heavy (non-hydrogen) atoms. The van der Waals surface area contributed by atoms with Gasteiger partial charge in [0.1, 0.15) is 11.5 Å². The van der Waals surface area contributed by atoms with Crippen LogP contribution in [-0.2, 0) is 9.59 Å². The highest BCUT2D eigenvalue weighted by Crippen LogP contribution is 2.22. The van der Waals surface area contributed by atoms with Crippen LogP contribution in [0.4, 0.5) is 11.4 Å². The first-order valence-corrected chi connectivity index (χ1v) is 10.3. The summed E-state index contributed by atoms with van der Waals surface area (Å²) in [7, 11) is 3.17. The van der Waals surface area contributed by atoms with Crippen LogP contribution in [0.3, 0.4) is 0 Å². The van der Waals surface area contributed by atoms with Gasteiger partial charge in [0.05, 0.1) is 14.2 Å². The van der Waals surface area contributed by atoms with Crippen LogP contribution in [0, 0.1) is 6.92 Å². The summed E-state index contributed by atoms with van der Waals surface area (Å²) in [4.78, 5) is 24.8. The predicted molar refractivity (Wildman–Crippen MR) is 132 cm³/mol. The Labute approximate surface area is 193 Å². The van der Waals surface area contributed by atoms with Crippen LogP contribution in [0.15, 0.2) is 78.9 Å². The van der Waals surface area contributed by atoms with Gasteiger partial charge < -0.3 is 20.1 Å². The second-order valence-electron chi connectivity index (χ2n) is 7.16. The maximum atomic E-state index is 12.4. The van der Waals surface area contributed by atoms with Crippen molar-refractivity contribution in [1.82, 2.24) is 0 Å². The number of carbonyl (C=O) groups is 2. The quantitative estimate of drug-likeness (QED) is 0.463. The fraction of sp³-hybridized carbons (Fsp3) is 0.111. The highest BCUT2D eigenvalue weighted by molar-refractivity contribution is 6.04. The molecule has 0 atom stereocenters. The molecule has 6 heteroatoms. The van der Waals surface area contributed by atoms with E-state index in [0.29, 0.717) is 22.9 Å². The molecule has 0 aliphatic carbocycles. The Kier molecular flexibility index (Phi) is 8.02. The smallest absolute Gasteiger partial charge is 0.248 e. The van der Waals surface area contributed by atoms with Gasteiger partial charge in [0.2, 0.25) is 11.8 Å². The molecule has 0 spiro atoms. The third-order valence-corrected chi connectivity index (χ3v) is 4.87. The molecule has 0 bridgehead atoms. The zero-order chi connectivity index (χ0) is 23.6. The molecular formula is C27H26N2O4. The molecule has 3 aromatic carbocycles. The minimum absolute atomic E-state index is 0.288. The summed E-state index contributed by atoms with van der Waals surface area (Å²) < 4.78 is 10.6. The summed E-state index contributed by atoms with van der Waals surface area (Å²) in [5.74, 6) is 0.785. The molecule has 3 rings (SSSR count). The lowest BCUT2D eigenvalue weighted by molar-refractivity contribution is -0.112. The number of amides is 2. The van der Waals surface area contributed by atoms with Crippen molar-refractivity contribution in [1.29, 1.82) is 0 Å². The van der Waals surface area contributed by atoms with Gasteiger partial charge in [0, 0.05) is 34.7 Å². The van der Waals surface area contributed by atoms with Crippen molar-refractivity contribution >= 4 is 35.3 Å². The summed E-state index contributed by atoms with van der Waals surface area (Å²) in [6.45, 7) is 1.88. The molecule has 2 N–H and O–H groups in total. The zero-order valence-corrected chi connectivity index (χ0v) is 18.8. The summed E-state index contributed by atoms with van der Waals surface area (Å²) in [6.07, 6.45) is 6.26. The molecule has 0 radical (unpaired) electrons. The van der Waals surface area contributed by atoms with Gasteiger partial charge in [-0.2, -0.15) is 0 Å². The van der Waals surface area contributed by atoms with Crippen molar-refractivity contribution in [2.75, 3.05) is 24.9 Å². The number of para-hydroxylation sites is 2. The van der Waals surface area contributed by atoms with Crippen molar-refractivity contribution in [2.45, 2.75) is 6.92 Å². The minimum Gasteiger partial charge on any atom is -0.496 e. The van der Waals surface area contributed by atoms with Gasteiger partial charge in [-0.3, -0.25) is 9.59 Å². The van der Waals surface area contributed by atoms with E-state index in [1.165, 1.54) is 12.2 Å².